The lowest BCUT2D eigenvalue weighted by Crippen LogP contribution is -2.40. The normalized spacial score (nSPS) is 22.4. The number of hydrogen-bond donors (Lipinski definition) is 1. The molecule has 2 aromatic rings. The Morgan fingerprint density at radius 2 is 1.74 bits per heavy atom. The molecule has 0 unspecified atom stereocenters. The fourth-order valence-electron chi connectivity index (χ4n) is 4.81. The number of methoxy groups -OCH3 is 2. The Morgan fingerprint density at radius 3 is 2.39 bits per heavy atom. The van der Waals surface area contributed by atoms with E-state index >= 15 is 0 Å². The van der Waals surface area contributed by atoms with Crippen molar-refractivity contribution in [2.45, 2.75) is 6.42 Å². The summed E-state index contributed by atoms with van der Waals surface area (Å²) in [5, 5.41) is 10.2. The van der Waals surface area contributed by atoms with Crippen molar-refractivity contribution in [1.29, 1.82) is 0 Å². The predicted octanol–water partition coefficient (Wildman–Crippen LogP) is 1.84. The Labute approximate surface area is 182 Å². The molecule has 2 aliphatic rings. The van der Waals surface area contributed by atoms with Gasteiger partial charge in [-0.2, -0.15) is 0 Å². The van der Waals surface area contributed by atoms with Gasteiger partial charge in [0.2, 0.25) is 5.91 Å². The van der Waals surface area contributed by atoms with E-state index in [2.05, 4.69) is 0 Å². The van der Waals surface area contributed by atoms with Crippen LogP contribution in [-0.4, -0.2) is 73.7 Å². The van der Waals surface area contributed by atoms with Crippen LogP contribution >= 0.6 is 0 Å². The molecule has 164 valence electrons. The molecule has 31 heavy (non-hydrogen) atoms. The molecule has 0 radical (unpaired) electrons. The fourth-order valence-corrected chi connectivity index (χ4v) is 4.81. The molecule has 2 saturated heterocycles. The second-order valence-electron chi connectivity index (χ2n) is 8.40. The maximum Gasteiger partial charge on any atom is 0.253 e. The average molecular weight is 424 g/mol. The van der Waals surface area contributed by atoms with E-state index in [1.807, 2.05) is 34.1 Å². The number of aliphatic hydroxyl groups is 1. The highest BCUT2D eigenvalue weighted by Gasteiger charge is 2.54. The van der Waals surface area contributed by atoms with E-state index in [0.717, 1.165) is 5.56 Å². The van der Waals surface area contributed by atoms with E-state index in [-0.39, 0.29) is 30.8 Å². The minimum atomic E-state index is -0.474. The zero-order valence-corrected chi connectivity index (χ0v) is 17.9. The molecule has 0 bridgehead atoms. The highest BCUT2D eigenvalue weighted by atomic mass is 16.5. The molecule has 7 nitrogen and oxygen atoms in total. The molecular weight excluding hydrogens is 396 g/mol. The number of amides is 2. The smallest absolute Gasteiger partial charge is 0.253 e. The van der Waals surface area contributed by atoms with Gasteiger partial charge in [-0.1, -0.05) is 18.2 Å². The monoisotopic (exact) mass is 424 g/mol. The summed E-state index contributed by atoms with van der Waals surface area (Å²) in [5.74, 6) is 1.33. The predicted molar refractivity (Wildman–Crippen MR) is 115 cm³/mol. The van der Waals surface area contributed by atoms with Crippen molar-refractivity contribution in [3.05, 3.63) is 59.7 Å². The lowest BCUT2D eigenvalue weighted by Gasteiger charge is -2.27. The van der Waals surface area contributed by atoms with Crippen molar-refractivity contribution in [1.82, 2.24) is 9.80 Å². The average Bonchev–Trinajstić information content (AvgIpc) is 3.34. The zero-order valence-electron chi connectivity index (χ0n) is 17.9. The second-order valence-corrected chi connectivity index (χ2v) is 8.40. The zero-order chi connectivity index (χ0) is 22.0. The van der Waals surface area contributed by atoms with Crippen LogP contribution in [0.3, 0.4) is 0 Å². The van der Waals surface area contributed by atoms with Crippen molar-refractivity contribution < 1.29 is 24.2 Å². The number of carbonyl (C=O) groups excluding carboxylic acids is 2. The van der Waals surface area contributed by atoms with Gasteiger partial charge in [-0.05, 0) is 30.3 Å². The summed E-state index contributed by atoms with van der Waals surface area (Å²) in [7, 11) is 3.16. The first-order valence-electron chi connectivity index (χ1n) is 10.4. The van der Waals surface area contributed by atoms with Gasteiger partial charge in [-0.3, -0.25) is 9.59 Å². The van der Waals surface area contributed by atoms with Crippen LogP contribution in [-0.2, 0) is 11.2 Å². The highest BCUT2D eigenvalue weighted by molar-refractivity contribution is 5.94. The number of rotatable bonds is 6. The van der Waals surface area contributed by atoms with Gasteiger partial charge in [-0.25, -0.2) is 0 Å². The molecule has 0 saturated carbocycles. The van der Waals surface area contributed by atoms with E-state index in [9.17, 15) is 14.7 Å². The molecule has 0 aromatic heterocycles. The Hall–Kier alpha value is -3.06. The summed E-state index contributed by atoms with van der Waals surface area (Å²) in [6.45, 7) is 1.92. The number of carbonyl (C=O) groups is 2. The Morgan fingerprint density at radius 1 is 1.03 bits per heavy atom. The van der Waals surface area contributed by atoms with Gasteiger partial charge < -0.3 is 24.4 Å². The van der Waals surface area contributed by atoms with Crippen molar-refractivity contribution in [2.75, 3.05) is 47.0 Å². The summed E-state index contributed by atoms with van der Waals surface area (Å²) >= 11 is 0. The SMILES string of the molecule is COc1ccc(OC)c(CC(=O)N2C[C@H]3CN(C(=O)c4ccccc4)C[C@@]3(CO)C2)c1. The van der Waals surface area contributed by atoms with Gasteiger partial charge in [-0.15, -0.1) is 0 Å². The van der Waals surface area contributed by atoms with Crippen LogP contribution in [0.4, 0.5) is 0 Å². The summed E-state index contributed by atoms with van der Waals surface area (Å²) in [4.78, 5) is 29.6. The Kier molecular flexibility index (Phi) is 5.87. The summed E-state index contributed by atoms with van der Waals surface area (Å²) in [5.41, 5.74) is 0.940. The lowest BCUT2D eigenvalue weighted by molar-refractivity contribution is -0.130. The molecule has 0 aliphatic carbocycles. The minimum absolute atomic E-state index is 0.0188. The minimum Gasteiger partial charge on any atom is -0.497 e. The maximum absolute atomic E-state index is 13.1. The van der Waals surface area contributed by atoms with Gasteiger partial charge in [0.15, 0.2) is 0 Å². The summed E-state index contributed by atoms with van der Waals surface area (Å²) in [6, 6.07) is 14.6. The molecule has 1 N–H and O–H groups in total. The topological polar surface area (TPSA) is 79.3 Å². The number of benzene rings is 2. The Bertz CT molecular complexity index is 964. The quantitative estimate of drug-likeness (QED) is 0.766. The van der Waals surface area contributed by atoms with Gasteiger partial charge in [0.1, 0.15) is 11.5 Å². The number of hydrogen-bond acceptors (Lipinski definition) is 5. The number of fused-ring (bicyclic) bond motifs is 1. The van der Waals surface area contributed by atoms with Gasteiger partial charge in [0.05, 0.1) is 27.2 Å². The molecule has 4 rings (SSSR count). The molecule has 0 spiro atoms. The van der Waals surface area contributed by atoms with Crippen LogP contribution in [0.2, 0.25) is 0 Å². The number of nitrogens with zero attached hydrogens (tertiary/aromatic N) is 2. The summed E-state index contributed by atoms with van der Waals surface area (Å²) in [6.07, 6.45) is 0.196. The number of likely N-dealkylation sites (tertiary alicyclic amines) is 2. The van der Waals surface area contributed by atoms with Crippen LogP contribution in [0.25, 0.3) is 0 Å². The first-order chi connectivity index (χ1) is 15.0. The maximum atomic E-state index is 13.1. The van der Waals surface area contributed by atoms with Crippen LogP contribution in [0.5, 0.6) is 11.5 Å². The Balaban J connectivity index is 1.45. The van der Waals surface area contributed by atoms with E-state index in [4.69, 9.17) is 9.47 Å². The molecule has 2 atom stereocenters. The third kappa shape index (κ3) is 3.97. The van der Waals surface area contributed by atoms with Gasteiger partial charge in [0, 0.05) is 48.6 Å². The van der Waals surface area contributed by atoms with Gasteiger partial charge in [0.25, 0.3) is 5.91 Å². The molecule has 2 amide bonds. The highest BCUT2D eigenvalue weighted by Crippen LogP contribution is 2.43. The van der Waals surface area contributed by atoms with Crippen LogP contribution in [0.15, 0.2) is 48.5 Å². The first-order valence-corrected chi connectivity index (χ1v) is 10.4. The molecule has 2 aliphatic heterocycles. The molecular formula is C24H28N2O5. The third-order valence-electron chi connectivity index (χ3n) is 6.56. The molecule has 2 heterocycles. The first kappa shape index (κ1) is 21.2. The number of aliphatic hydroxyl groups excluding tert-OH is 1. The van der Waals surface area contributed by atoms with Crippen molar-refractivity contribution in [3.8, 4) is 11.5 Å². The van der Waals surface area contributed by atoms with E-state index in [0.29, 0.717) is 43.2 Å². The van der Waals surface area contributed by atoms with E-state index in [1.54, 1.807) is 38.5 Å². The van der Waals surface area contributed by atoms with Gasteiger partial charge >= 0.3 is 0 Å². The van der Waals surface area contributed by atoms with E-state index < -0.39 is 5.41 Å². The van der Waals surface area contributed by atoms with Crippen molar-refractivity contribution in [3.63, 3.8) is 0 Å². The molecule has 7 heteroatoms. The summed E-state index contributed by atoms with van der Waals surface area (Å²) < 4.78 is 10.7. The van der Waals surface area contributed by atoms with Crippen LogP contribution in [0, 0.1) is 11.3 Å². The van der Waals surface area contributed by atoms with E-state index in [1.165, 1.54) is 0 Å². The molecule has 2 fully saturated rings. The van der Waals surface area contributed by atoms with Crippen molar-refractivity contribution >= 4 is 11.8 Å². The standard InChI is InChI=1S/C24H28N2O5/c1-30-20-8-9-21(31-2)18(10-20)11-22(28)25-12-19-13-26(15-24(19,14-25)16-27)23(29)17-6-4-3-5-7-17/h3-10,19,27H,11-16H2,1-2H3/t19-,24+/m0/s1. The third-order valence-corrected chi connectivity index (χ3v) is 6.56. The van der Waals surface area contributed by atoms with Crippen molar-refractivity contribution in [2.24, 2.45) is 11.3 Å². The lowest BCUT2D eigenvalue weighted by atomic mass is 9.82. The van der Waals surface area contributed by atoms with Crippen LogP contribution in [0.1, 0.15) is 15.9 Å². The second kappa shape index (κ2) is 8.59. The van der Waals surface area contributed by atoms with Crippen LogP contribution < -0.4 is 9.47 Å². The fraction of sp³-hybridized carbons (Fsp3) is 0.417. The number of ether oxygens (including phenoxy) is 2. The molecule has 2 aromatic carbocycles. The largest absolute Gasteiger partial charge is 0.497 e.